The number of aliphatic hydroxyl groups excluding tert-OH is 1. The third-order valence-corrected chi connectivity index (χ3v) is 4.88. The van der Waals surface area contributed by atoms with Gasteiger partial charge in [-0.1, -0.05) is 37.3 Å². The minimum Gasteiger partial charge on any atom is -0.493 e. The molecule has 2 N–H and O–H groups in total. The molecule has 0 aliphatic heterocycles. The lowest BCUT2D eigenvalue weighted by atomic mass is 9.78. The molecule has 0 saturated heterocycles. The molecule has 0 aliphatic carbocycles. The normalized spacial score (nSPS) is 12.8. The summed E-state index contributed by atoms with van der Waals surface area (Å²) in [5.41, 5.74) is 0.832. The molecular weight excluding hydrogens is 346 g/mol. The van der Waals surface area contributed by atoms with E-state index in [-0.39, 0.29) is 12.5 Å². The van der Waals surface area contributed by atoms with Crippen LogP contribution in [0.5, 0.6) is 17.2 Å². The van der Waals surface area contributed by atoms with Gasteiger partial charge in [0.2, 0.25) is 5.75 Å². The molecule has 2 aromatic rings. The van der Waals surface area contributed by atoms with Crippen molar-refractivity contribution < 1.29 is 24.1 Å². The van der Waals surface area contributed by atoms with Crippen LogP contribution in [0.3, 0.4) is 0 Å². The van der Waals surface area contributed by atoms with Crippen LogP contribution in [-0.2, 0) is 5.41 Å². The lowest BCUT2D eigenvalue weighted by molar-refractivity contribution is 0.0927. The van der Waals surface area contributed by atoms with Gasteiger partial charge < -0.3 is 24.6 Å². The molecule has 0 radical (unpaired) electrons. The standard InChI is InChI=1S/C21H27NO5/c1-5-21(14-23,16-9-7-6-8-10-16)13-22-20(24)15-11-17(25-2)19(27-4)18(12-15)26-3/h6-12,23H,5,13-14H2,1-4H3,(H,22,24). The summed E-state index contributed by atoms with van der Waals surface area (Å²) in [5.74, 6) is 0.971. The molecule has 0 heterocycles. The molecule has 1 unspecified atom stereocenters. The molecule has 1 amide bonds. The monoisotopic (exact) mass is 373 g/mol. The predicted octanol–water partition coefficient (Wildman–Crippen LogP) is 2.78. The van der Waals surface area contributed by atoms with E-state index in [1.807, 2.05) is 37.3 Å². The fourth-order valence-corrected chi connectivity index (χ4v) is 3.05. The largest absolute Gasteiger partial charge is 0.493 e. The first-order valence-corrected chi connectivity index (χ1v) is 8.79. The summed E-state index contributed by atoms with van der Waals surface area (Å²) < 4.78 is 15.9. The highest BCUT2D eigenvalue weighted by atomic mass is 16.5. The Morgan fingerprint density at radius 3 is 2.07 bits per heavy atom. The van der Waals surface area contributed by atoms with Crippen molar-refractivity contribution in [2.24, 2.45) is 0 Å². The highest BCUT2D eigenvalue weighted by molar-refractivity contribution is 5.95. The minimum atomic E-state index is -0.544. The molecule has 0 spiro atoms. The summed E-state index contributed by atoms with van der Waals surface area (Å²) in [6.07, 6.45) is 0.684. The van der Waals surface area contributed by atoms with Crippen LogP contribution in [0.15, 0.2) is 42.5 Å². The second-order valence-electron chi connectivity index (χ2n) is 6.25. The number of hydrogen-bond donors (Lipinski definition) is 2. The van der Waals surface area contributed by atoms with Gasteiger partial charge in [-0.05, 0) is 24.1 Å². The van der Waals surface area contributed by atoms with Crippen LogP contribution in [0.2, 0.25) is 0 Å². The maximum absolute atomic E-state index is 12.7. The zero-order valence-corrected chi connectivity index (χ0v) is 16.2. The van der Waals surface area contributed by atoms with Crippen LogP contribution in [0.4, 0.5) is 0 Å². The zero-order chi connectivity index (χ0) is 19.9. The second kappa shape index (κ2) is 9.28. The van der Waals surface area contributed by atoms with E-state index in [0.717, 1.165) is 5.56 Å². The Labute approximate surface area is 160 Å². The molecule has 146 valence electrons. The van der Waals surface area contributed by atoms with E-state index in [1.165, 1.54) is 21.3 Å². The predicted molar refractivity (Wildman–Crippen MR) is 104 cm³/mol. The molecule has 6 nitrogen and oxygen atoms in total. The van der Waals surface area contributed by atoms with E-state index in [1.54, 1.807) is 12.1 Å². The molecule has 0 aliphatic rings. The fraction of sp³-hybridized carbons (Fsp3) is 0.381. The average molecular weight is 373 g/mol. The first kappa shape index (κ1) is 20.6. The maximum Gasteiger partial charge on any atom is 0.251 e. The number of carbonyl (C=O) groups excluding carboxylic acids is 1. The summed E-state index contributed by atoms with van der Waals surface area (Å²) in [5, 5.41) is 13.0. The van der Waals surface area contributed by atoms with E-state index >= 15 is 0 Å². The maximum atomic E-state index is 12.7. The Morgan fingerprint density at radius 2 is 1.63 bits per heavy atom. The van der Waals surface area contributed by atoms with Gasteiger partial charge in [-0.15, -0.1) is 0 Å². The van der Waals surface area contributed by atoms with Crippen molar-refractivity contribution in [3.05, 3.63) is 53.6 Å². The van der Waals surface area contributed by atoms with E-state index in [0.29, 0.717) is 35.8 Å². The number of hydrogen-bond acceptors (Lipinski definition) is 5. The van der Waals surface area contributed by atoms with Crippen LogP contribution in [0.1, 0.15) is 29.3 Å². The number of benzene rings is 2. The van der Waals surface area contributed by atoms with Gasteiger partial charge in [0.05, 0.1) is 27.9 Å². The van der Waals surface area contributed by atoms with Crippen molar-refractivity contribution in [1.82, 2.24) is 5.32 Å². The quantitative estimate of drug-likeness (QED) is 0.707. The number of ether oxygens (including phenoxy) is 3. The third-order valence-electron chi connectivity index (χ3n) is 4.88. The Hall–Kier alpha value is -2.73. The molecule has 0 aromatic heterocycles. The van der Waals surface area contributed by atoms with Gasteiger partial charge in [0.1, 0.15) is 0 Å². The number of nitrogens with one attached hydrogen (secondary N) is 1. The number of methoxy groups -OCH3 is 3. The molecule has 27 heavy (non-hydrogen) atoms. The van der Waals surface area contributed by atoms with Crippen molar-refractivity contribution in [3.8, 4) is 17.2 Å². The second-order valence-corrected chi connectivity index (χ2v) is 6.25. The summed E-state index contributed by atoms with van der Waals surface area (Å²) in [6, 6.07) is 12.9. The molecule has 2 aromatic carbocycles. The molecule has 2 rings (SSSR count). The van der Waals surface area contributed by atoms with Crippen molar-refractivity contribution >= 4 is 5.91 Å². The Morgan fingerprint density at radius 1 is 1.04 bits per heavy atom. The Balaban J connectivity index is 2.26. The van der Waals surface area contributed by atoms with Crippen molar-refractivity contribution in [3.63, 3.8) is 0 Å². The van der Waals surface area contributed by atoms with E-state index in [9.17, 15) is 9.90 Å². The van der Waals surface area contributed by atoms with E-state index in [2.05, 4.69) is 5.32 Å². The highest BCUT2D eigenvalue weighted by Gasteiger charge is 2.30. The van der Waals surface area contributed by atoms with E-state index < -0.39 is 5.41 Å². The molecular formula is C21H27NO5. The summed E-state index contributed by atoms with van der Waals surface area (Å²) in [7, 11) is 4.52. The van der Waals surface area contributed by atoms with Gasteiger partial charge in [-0.2, -0.15) is 0 Å². The minimum absolute atomic E-state index is 0.0664. The molecule has 0 bridgehead atoms. The lowest BCUT2D eigenvalue weighted by Gasteiger charge is -2.31. The van der Waals surface area contributed by atoms with Crippen molar-refractivity contribution in [2.75, 3.05) is 34.5 Å². The van der Waals surface area contributed by atoms with Gasteiger partial charge in [0.25, 0.3) is 5.91 Å². The summed E-state index contributed by atoms with van der Waals surface area (Å²) in [4.78, 5) is 12.7. The Bertz CT molecular complexity index is 731. The Kier molecular flexibility index (Phi) is 7.07. The summed E-state index contributed by atoms with van der Waals surface area (Å²) >= 11 is 0. The first-order chi connectivity index (χ1) is 13.0. The molecule has 6 heteroatoms. The van der Waals surface area contributed by atoms with Crippen LogP contribution >= 0.6 is 0 Å². The molecule has 0 saturated carbocycles. The number of rotatable bonds is 9. The average Bonchev–Trinajstić information content (AvgIpc) is 2.74. The number of aliphatic hydroxyl groups is 1. The SMILES string of the molecule is CCC(CO)(CNC(=O)c1cc(OC)c(OC)c(OC)c1)c1ccccc1. The van der Waals surface area contributed by atoms with Gasteiger partial charge in [-0.3, -0.25) is 4.79 Å². The molecule has 1 atom stereocenters. The van der Waals surface area contributed by atoms with Gasteiger partial charge in [0.15, 0.2) is 11.5 Å². The van der Waals surface area contributed by atoms with Crippen LogP contribution in [0.25, 0.3) is 0 Å². The number of carbonyl (C=O) groups is 1. The van der Waals surface area contributed by atoms with Crippen molar-refractivity contribution in [2.45, 2.75) is 18.8 Å². The van der Waals surface area contributed by atoms with Crippen LogP contribution in [-0.4, -0.2) is 45.5 Å². The first-order valence-electron chi connectivity index (χ1n) is 8.79. The molecule has 0 fully saturated rings. The lowest BCUT2D eigenvalue weighted by Crippen LogP contribution is -2.43. The van der Waals surface area contributed by atoms with Gasteiger partial charge >= 0.3 is 0 Å². The summed E-state index contributed by atoms with van der Waals surface area (Å²) in [6.45, 7) is 2.23. The third kappa shape index (κ3) is 4.34. The van der Waals surface area contributed by atoms with Gasteiger partial charge in [-0.25, -0.2) is 0 Å². The fourth-order valence-electron chi connectivity index (χ4n) is 3.05. The van der Waals surface area contributed by atoms with Crippen LogP contribution < -0.4 is 19.5 Å². The topological polar surface area (TPSA) is 77.0 Å². The highest BCUT2D eigenvalue weighted by Crippen LogP contribution is 2.38. The van der Waals surface area contributed by atoms with Crippen molar-refractivity contribution in [1.29, 1.82) is 0 Å². The smallest absolute Gasteiger partial charge is 0.251 e. The van der Waals surface area contributed by atoms with Crippen LogP contribution in [0, 0.1) is 0 Å². The number of amides is 1. The van der Waals surface area contributed by atoms with E-state index in [4.69, 9.17) is 14.2 Å². The zero-order valence-electron chi connectivity index (χ0n) is 16.2. The van der Waals surface area contributed by atoms with Gasteiger partial charge in [0, 0.05) is 17.5 Å².